The van der Waals surface area contributed by atoms with Crippen molar-refractivity contribution >= 4 is 17.7 Å². The van der Waals surface area contributed by atoms with Crippen molar-refractivity contribution in [2.45, 2.75) is 70.1 Å². The molecule has 0 spiro atoms. The molecule has 4 N–H and O–H groups in total. The third kappa shape index (κ3) is 8.99. The monoisotopic (exact) mass is 631 g/mol. The first-order valence-corrected chi connectivity index (χ1v) is 16.0. The van der Waals surface area contributed by atoms with E-state index in [4.69, 9.17) is 18.9 Å². The van der Waals surface area contributed by atoms with Crippen molar-refractivity contribution in [1.82, 2.24) is 10.6 Å². The van der Waals surface area contributed by atoms with Gasteiger partial charge >= 0.3 is 6.09 Å². The largest absolute Gasteiger partial charge is 0.483 e. The van der Waals surface area contributed by atoms with E-state index in [1.807, 2.05) is 93.7 Å². The highest BCUT2D eigenvalue weighted by Crippen LogP contribution is 2.33. The summed E-state index contributed by atoms with van der Waals surface area (Å²) in [6, 6.07) is 22.3. The fourth-order valence-corrected chi connectivity index (χ4v) is 6.30. The van der Waals surface area contributed by atoms with E-state index in [0.29, 0.717) is 25.2 Å². The van der Waals surface area contributed by atoms with Gasteiger partial charge in [-0.15, -0.1) is 0 Å². The van der Waals surface area contributed by atoms with E-state index < -0.39 is 30.4 Å². The average Bonchev–Trinajstić information content (AvgIpc) is 3.66. The Hall–Kier alpha value is -4.12. The molecule has 2 saturated heterocycles. The summed E-state index contributed by atoms with van der Waals surface area (Å²) in [5.41, 5.74) is 4.79. The molecule has 3 aromatic rings. The summed E-state index contributed by atoms with van der Waals surface area (Å²) in [4.78, 5) is 26.4. The second-order valence-corrected chi connectivity index (χ2v) is 12.1. The normalized spacial score (nSPS) is 20.7. The number of ether oxygens (including phenoxy) is 4. The van der Waals surface area contributed by atoms with Crippen LogP contribution in [0, 0.1) is 19.8 Å². The summed E-state index contributed by atoms with van der Waals surface area (Å²) in [6.07, 6.45) is -0.531. The van der Waals surface area contributed by atoms with Crippen LogP contribution in [0.3, 0.4) is 0 Å². The summed E-state index contributed by atoms with van der Waals surface area (Å²) in [5, 5.41) is 20.7. The zero-order valence-corrected chi connectivity index (χ0v) is 26.7. The number of alkyl carbamates (subject to hydrolysis) is 1. The van der Waals surface area contributed by atoms with Crippen LogP contribution in [0.2, 0.25) is 0 Å². The first-order chi connectivity index (χ1) is 22.3. The van der Waals surface area contributed by atoms with E-state index in [0.717, 1.165) is 34.4 Å². The summed E-state index contributed by atoms with van der Waals surface area (Å²) >= 11 is 0. The molecule has 3 aromatic carbocycles. The lowest BCUT2D eigenvalue weighted by molar-refractivity contribution is -0.124. The van der Waals surface area contributed by atoms with E-state index >= 15 is 0 Å². The molecule has 2 aliphatic rings. The highest BCUT2D eigenvalue weighted by atomic mass is 16.7. The predicted molar refractivity (Wildman–Crippen MR) is 175 cm³/mol. The van der Waals surface area contributed by atoms with E-state index in [-0.39, 0.29) is 37.7 Å². The Morgan fingerprint density at radius 1 is 0.935 bits per heavy atom. The van der Waals surface area contributed by atoms with E-state index in [1.54, 1.807) is 0 Å². The Morgan fingerprint density at radius 3 is 2.24 bits per heavy atom. The third-order valence-corrected chi connectivity index (χ3v) is 8.62. The number of anilines is 1. The second kappa shape index (κ2) is 15.9. The molecule has 0 saturated carbocycles. The Morgan fingerprint density at radius 2 is 1.59 bits per heavy atom. The number of aliphatic hydroxyl groups excluding tert-OH is 1. The Labute approximate surface area is 270 Å². The number of hydrogen-bond donors (Lipinski definition) is 4. The summed E-state index contributed by atoms with van der Waals surface area (Å²) in [7, 11) is 1.86. The van der Waals surface area contributed by atoms with Gasteiger partial charge in [-0.1, -0.05) is 60.7 Å². The van der Waals surface area contributed by atoms with E-state index in [2.05, 4.69) is 16.0 Å². The van der Waals surface area contributed by atoms with Crippen molar-refractivity contribution in [3.05, 3.63) is 95.1 Å². The molecule has 3 unspecified atom stereocenters. The minimum atomic E-state index is -0.997. The number of amides is 2. The molecule has 2 fully saturated rings. The fourth-order valence-electron chi connectivity index (χ4n) is 6.30. The third-order valence-electron chi connectivity index (χ3n) is 8.62. The van der Waals surface area contributed by atoms with E-state index in [1.165, 1.54) is 0 Å². The highest BCUT2D eigenvalue weighted by molar-refractivity contribution is 5.78. The van der Waals surface area contributed by atoms with Crippen molar-refractivity contribution in [1.29, 1.82) is 0 Å². The van der Waals surface area contributed by atoms with Gasteiger partial charge in [0.05, 0.1) is 31.3 Å². The Bertz CT molecular complexity index is 1420. The SMILES string of the molecule is CNc1cc(C)c(OCC(=O)N[C@@H](Cc2ccccc2)C[C@H](O)[C@H](Cc2ccccc2)NC(=O)OC2COC3OCCC23)c(C)c1. The minimum absolute atomic E-state index is 0.00440. The van der Waals surface area contributed by atoms with Gasteiger partial charge in [-0.05, 0) is 73.9 Å². The van der Waals surface area contributed by atoms with Gasteiger partial charge in [0, 0.05) is 18.8 Å². The van der Waals surface area contributed by atoms with Gasteiger partial charge in [-0.2, -0.15) is 0 Å². The van der Waals surface area contributed by atoms with Gasteiger partial charge in [0.15, 0.2) is 12.9 Å². The fraction of sp³-hybridized carbons (Fsp3) is 0.444. The van der Waals surface area contributed by atoms with Crippen molar-refractivity contribution < 1.29 is 33.6 Å². The maximum Gasteiger partial charge on any atom is 0.407 e. The molecule has 10 nitrogen and oxygen atoms in total. The van der Waals surface area contributed by atoms with Gasteiger partial charge in [-0.3, -0.25) is 4.79 Å². The smallest absolute Gasteiger partial charge is 0.407 e. The van der Waals surface area contributed by atoms with E-state index in [9.17, 15) is 14.7 Å². The van der Waals surface area contributed by atoms with Gasteiger partial charge in [0.1, 0.15) is 11.9 Å². The number of rotatable bonds is 14. The van der Waals surface area contributed by atoms with Crippen molar-refractivity contribution in [2.24, 2.45) is 5.92 Å². The maximum absolute atomic E-state index is 13.2. The van der Waals surface area contributed by atoms with Crippen molar-refractivity contribution in [2.75, 3.05) is 32.2 Å². The van der Waals surface area contributed by atoms with Crippen molar-refractivity contribution in [3.8, 4) is 5.75 Å². The molecule has 5 rings (SSSR count). The molecule has 0 aromatic heterocycles. The number of hydrogen-bond acceptors (Lipinski definition) is 8. The number of fused-ring (bicyclic) bond motifs is 1. The average molecular weight is 632 g/mol. The van der Waals surface area contributed by atoms with Gasteiger partial charge < -0.3 is 40.0 Å². The van der Waals surface area contributed by atoms with Crippen molar-refractivity contribution in [3.63, 3.8) is 0 Å². The number of nitrogens with one attached hydrogen (secondary N) is 3. The molecule has 0 bridgehead atoms. The number of aliphatic hydroxyl groups is 1. The molecule has 2 amide bonds. The number of carbonyl (C=O) groups is 2. The molecule has 46 heavy (non-hydrogen) atoms. The number of carbonyl (C=O) groups excluding carboxylic acids is 2. The Balaban J connectivity index is 1.26. The topological polar surface area (TPSA) is 127 Å². The molecule has 246 valence electrons. The van der Waals surface area contributed by atoms with Crippen LogP contribution < -0.4 is 20.7 Å². The quantitative estimate of drug-likeness (QED) is 0.208. The number of benzene rings is 3. The standard InChI is InChI=1S/C36H45N3O7/c1-23-16-27(37-3)17-24(2)34(23)44-22-33(41)38-28(18-25-10-6-4-7-11-25)20-31(40)30(19-26-12-8-5-9-13-26)39-36(42)46-32-21-45-35-29(32)14-15-43-35/h4-13,16-17,28-32,35,37,40H,14-15,18-22H2,1-3H3,(H,38,41)(H,39,42)/t28-,29?,30-,31-,32?,35?/m0/s1. The Kier molecular flexibility index (Phi) is 11.5. The van der Waals surface area contributed by atoms with Crippen LogP contribution in [0.15, 0.2) is 72.8 Å². The molecular formula is C36H45N3O7. The van der Waals surface area contributed by atoms with Crippen LogP contribution >= 0.6 is 0 Å². The van der Waals surface area contributed by atoms with Crippen LogP contribution in [0.5, 0.6) is 5.75 Å². The number of aryl methyl sites for hydroxylation is 2. The van der Waals surface area contributed by atoms with Gasteiger partial charge in [0.2, 0.25) is 0 Å². The molecule has 10 heteroatoms. The first-order valence-electron chi connectivity index (χ1n) is 16.0. The molecule has 2 aliphatic heterocycles. The summed E-state index contributed by atoms with van der Waals surface area (Å²) in [5.74, 6) is 0.374. The van der Waals surface area contributed by atoms with Crippen LogP contribution in [-0.2, 0) is 31.8 Å². The minimum Gasteiger partial charge on any atom is -0.483 e. The van der Waals surface area contributed by atoms with Gasteiger partial charge in [0.25, 0.3) is 5.91 Å². The molecule has 0 radical (unpaired) electrons. The lowest BCUT2D eigenvalue weighted by Gasteiger charge is -2.29. The molecule has 2 heterocycles. The summed E-state index contributed by atoms with van der Waals surface area (Å²) in [6.45, 7) is 4.57. The van der Waals surface area contributed by atoms with Gasteiger partial charge in [-0.25, -0.2) is 4.79 Å². The zero-order chi connectivity index (χ0) is 32.5. The lowest BCUT2D eigenvalue weighted by atomic mass is 9.93. The molecule has 0 aliphatic carbocycles. The van der Waals surface area contributed by atoms with Crippen LogP contribution in [-0.4, -0.2) is 74.6 Å². The molecular weight excluding hydrogens is 586 g/mol. The highest BCUT2D eigenvalue weighted by Gasteiger charge is 2.44. The van der Waals surface area contributed by atoms with Crippen LogP contribution in [0.1, 0.15) is 35.1 Å². The lowest BCUT2D eigenvalue weighted by Crippen LogP contribution is -2.50. The second-order valence-electron chi connectivity index (χ2n) is 12.1. The maximum atomic E-state index is 13.2. The zero-order valence-electron chi connectivity index (χ0n) is 26.7. The van der Waals surface area contributed by atoms with Crippen LogP contribution in [0.4, 0.5) is 10.5 Å². The first kappa shape index (κ1) is 33.2. The summed E-state index contributed by atoms with van der Waals surface area (Å²) < 4.78 is 22.9. The molecule has 6 atom stereocenters. The predicted octanol–water partition coefficient (Wildman–Crippen LogP) is 4.30. The van der Waals surface area contributed by atoms with Crippen LogP contribution in [0.25, 0.3) is 0 Å².